The second kappa shape index (κ2) is 5.98. The molecule has 0 fully saturated rings. The van der Waals surface area contributed by atoms with Crippen LogP contribution in [0.15, 0.2) is 24.4 Å². The van der Waals surface area contributed by atoms with Crippen LogP contribution < -0.4 is 5.43 Å². The summed E-state index contributed by atoms with van der Waals surface area (Å²) >= 11 is 0. The van der Waals surface area contributed by atoms with E-state index in [0.29, 0.717) is 0 Å². The van der Waals surface area contributed by atoms with E-state index in [1.165, 1.54) is 5.57 Å². The van der Waals surface area contributed by atoms with Crippen LogP contribution in [0, 0.1) is 0 Å². The van der Waals surface area contributed by atoms with Gasteiger partial charge in [0.2, 0.25) is 0 Å². The van der Waals surface area contributed by atoms with Gasteiger partial charge in [-0.05, 0) is 18.9 Å². The number of rotatable bonds is 5. The standard InChI is InChI=1S/C9H18N2/c1-5-7-11(10-4)8-9(3)6-2/h6,8,10H,2,5,7H2,1,3-4H3/b9-8-. The number of allylic oxidation sites excluding steroid dienone is 2. The van der Waals surface area contributed by atoms with Gasteiger partial charge in [-0.25, -0.2) is 5.43 Å². The zero-order chi connectivity index (χ0) is 8.69. The molecular weight excluding hydrogens is 136 g/mol. The fourth-order valence-electron chi connectivity index (χ4n) is 0.780. The average Bonchev–Trinajstić information content (AvgIpc) is 2.03. The highest BCUT2D eigenvalue weighted by molar-refractivity contribution is 5.11. The lowest BCUT2D eigenvalue weighted by Gasteiger charge is -2.18. The normalized spacial score (nSPS) is 11.4. The molecule has 0 aromatic carbocycles. The Morgan fingerprint density at radius 1 is 1.64 bits per heavy atom. The largest absolute Gasteiger partial charge is 0.316 e. The quantitative estimate of drug-likeness (QED) is 0.481. The Morgan fingerprint density at radius 2 is 2.27 bits per heavy atom. The molecule has 2 nitrogen and oxygen atoms in total. The van der Waals surface area contributed by atoms with Crippen molar-refractivity contribution < 1.29 is 0 Å². The second-order valence-electron chi connectivity index (χ2n) is 2.49. The van der Waals surface area contributed by atoms with E-state index in [1.807, 2.05) is 20.0 Å². The lowest BCUT2D eigenvalue weighted by atomic mass is 10.3. The molecule has 0 unspecified atom stereocenters. The Labute approximate surface area is 69.6 Å². The van der Waals surface area contributed by atoms with Crippen LogP contribution in [0.4, 0.5) is 0 Å². The first-order valence-electron chi connectivity index (χ1n) is 3.99. The zero-order valence-corrected chi connectivity index (χ0v) is 7.72. The molecule has 0 heterocycles. The van der Waals surface area contributed by atoms with Gasteiger partial charge < -0.3 is 5.01 Å². The van der Waals surface area contributed by atoms with Crippen molar-refractivity contribution in [2.75, 3.05) is 13.6 Å². The van der Waals surface area contributed by atoms with E-state index in [4.69, 9.17) is 0 Å². The molecule has 0 bridgehead atoms. The van der Waals surface area contributed by atoms with E-state index >= 15 is 0 Å². The minimum absolute atomic E-state index is 1.03. The summed E-state index contributed by atoms with van der Waals surface area (Å²) in [5.41, 5.74) is 4.25. The number of nitrogens with zero attached hydrogens (tertiary/aromatic N) is 1. The van der Waals surface area contributed by atoms with E-state index in [1.54, 1.807) is 0 Å². The van der Waals surface area contributed by atoms with Crippen LogP contribution in [0.3, 0.4) is 0 Å². The SMILES string of the molecule is C=C/C(C)=C\N(CCC)NC. The zero-order valence-electron chi connectivity index (χ0n) is 7.72. The van der Waals surface area contributed by atoms with Crippen molar-refractivity contribution in [2.24, 2.45) is 0 Å². The molecule has 0 amide bonds. The molecule has 0 saturated carbocycles. The molecule has 0 aliphatic heterocycles. The Kier molecular flexibility index (Phi) is 5.57. The molecule has 2 heteroatoms. The summed E-state index contributed by atoms with van der Waals surface area (Å²) in [4.78, 5) is 0. The van der Waals surface area contributed by atoms with Gasteiger partial charge in [-0.1, -0.05) is 19.6 Å². The van der Waals surface area contributed by atoms with E-state index in [2.05, 4.69) is 30.1 Å². The van der Waals surface area contributed by atoms with Crippen LogP contribution in [-0.2, 0) is 0 Å². The van der Waals surface area contributed by atoms with Gasteiger partial charge >= 0.3 is 0 Å². The Bertz CT molecular complexity index is 138. The average molecular weight is 154 g/mol. The van der Waals surface area contributed by atoms with Crippen molar-refractivity contribution in [3.8, 4) is 0 Å². The minimum atomic E-state index is 1.03. The van der Waals surface area contributed by atoms with Gasteiger partial charge in [0.1, 0.15) is 0 Å². The van der Waals surface area contributed by atoms with Gasteiger partial charge in [-0.15, -0.1) is 0 Å². The van der Waals surface area contributed by atoms with Crippen LogP contribution >= 0.6 is 0 Å². The molecule has 0 aromatic rings. The Hall–Kier alpha value is -0.760. The van der Waals surface area contributed by atoms with Crippen LogP contribution in [0.1, 0.15) is 20.3 Å². The van der Waals surface area contributed by atoms with Crippen molar-refractivity contribution in [3.05, 3.63) is 24.4 Å². The van der Waals surface area contributed by atoms with Crippen molar-refractivity contribution in [2.45, 2.75) is 20.3 Å². The lowest BCUT2D eigenvalue weighted by Crippen LogP contribution is -2.30. The maximum atomic E-state index is 3.69. The highest BCUT2D eigenvalue weighted by Crippen LogP contribution is 1.95. The molecule has 64 valence electrons. The molecule has 0 rings (SSSR count). The fourth-order valence-corrected chi connectivity index (χ4v) is 0.780. The van der Waals surface area contributed by atoms with Crippen molar-refractivity contribution in [3.63, 3.8) is 0 Å². The van der Waals surface area contributed by atoms with Crippen molar-refractivity contribution >= 4 is 0 Å². The maximum Gasteiger partial charge on any atom is 0.0335 e. The highest BCUT2D eigenvalue weighted by Gasteiger charge is 1.92. The van der Waals surface area contributed by atoms with Crippen LogP contribution in [0.2, 0.25) is 0 Å². The topological polar surface area (TPSA) is 15.3 Å². The lowest BCUT2D eigenvalue weighted by molar-refractivity contribution is 0.297. The molecule has 1 N–H and O–H groups in total. The first-order chi connectivity index (χ1) is 5.24. The summed E-state index contributed by atoms with van der Waals surface area (Å²) in [6.07, 6.45) is 5.04. The van der Waals surface area contributed by atoms with Gasteiger partial charge in [-0.2, -0.15) is 0 Å². The number of nitrogens with one attached hydrogen (secondary N) is 1. The molecule has 0 atom stereocenters. The fraction of sp³-hybridized carbons (Fsp3) is 0.556. The number of hydrazine groups is 1. The summed E-state index contributed by atoms with van der Waals surface area (Å²) in [7, 11) is 1.92. The smallest absolute Gasteiger partial charge is 0.0335 e. The summed E-state index contributed by atoms with van der Waals surface area (Å²) in [6, 6.07) is 0. The summed E-state index contributed by atoms with van der Waals surface area (Å²) in [5.74, 6) is 0. The third-order valence-electron chi connectivity index (χ3n) is 1.43. The molecule has 0 aromatic heterocycles. The molecular formula is C9H18N2. The van der Waals surface area contributed by atoms with E-state index in [-0.39, 0.29) is 0 Å². The molecule has 0 aliphatic carbocycles. The van der Waals surface area contributed by atoms with Crippen LogP contribution in [-0.4, -0.2) is 18.6 Å². The van der Waals surface area contributed by atoms with Gasteiger partial charge in [-0.3, -0.25) is 0 Å². The number of hydrogen-bond acceptors (Lipinski definition) is 2. The predicted octanol–water partition coefficient (Wildman–Crippen LogP) is 1.92. The summed E-state index contributed by atoms with van der Waals surface area (Å²) in [5, 5.41) is 2.05. The van der Waals surface area contributed by atoms with Crippen LogP contribution in [0.25, 0.3) is 0 Å². The minimum Gasteiger partial charge on any atom is -0.316 e. The molecule has 0 aliphatic rings. The Balaban J connectivity index is 3.93. The summed E-state index contributed by atoms with van der Waals surface area (Å²) < 4.78 is 0. The predicted molar refractivity (Wildman–Crippen MR) is 50.0 cm³/mol. The van der Waals surface area contributed by atoms with Crippen LogP contribution in [0.5, 0.6) is 0 Å². The van der Waals surface area contributed by atoms with E-state index in [9.17, 15) is 0 Å². The van der Waals surface area contributed by atoms with Crippen molar-refractivity contribution in [1.29, 1.82) is 0 Å². The first-order valence-corrected chi connectivity index (χ1v) is 3.99. The second-order valence-corrected chi connectivity index (χ2v) is 2.49. The number of hydrogen-bond donors (Lipinski definition) is 1. The molecule has 0 spiro atoms. The third kappa shape index (κ3) is 4.62. The van der Waals surface area contributed by atoms with Gasteiger partial charge in [0.15, 0.2) is 0 Å². The molecule has 0 saturated heterocycles. The monoisotopic (exact) mass is 154 g/mol. The maximum absolute atomic E-state index is 3.69. The van der Waals surface area contributed by atoms with Gasteiger partial charge in [0.05, 0.1) is 0 Å². The Morgan fingerprint density at radius 3 is 2.64 bits per heavy atom. The molecule has 0 radical (unpaired) electrons. The van der Waals surface area contributed by atoms with Crippen molar-refractivity contribution in [1.82, 2.24) is 10.4 Å². The first kappa shape index (κ1) is 10.2. The van der Waals surface area contributed by atoms with E-state index in [0.717, 1.165) is 13.0 Å². The van der Waals surface area contributed by atoms with E-state index < -0.39 is 0 Å². The van der Waals surface area contributed by atoms with Gasteiger partial charge in [0.25, 0.3) is 0 Å². The highest BCUT2D eigenvalue weighted by atomic mass is 15.5. The van der Waals surface area contributed by atoms with Gasteiger partial charge in [0, 0.05) is 19.8 Å². The third-order valence-corrected chi connectivity index (χ3v) is 1.43. The summed E-state index contributed by atoms with van der Waals surface area (Å²) in [6.45, 7) is 8.90. The molecule has 11 heavy (non-hydrogen) atoms.